The summed E-state index contributed by atoms with van der Waals surface area (Å²) in [5, 5.41) is 0. The first-order valence-corrected chi connectivity index (χ1v) is 11.7. The molecule has 3 aromatic rings. The summed E-state index contributed by atoms with van der Waals surface area (Å²) in [6.07, 6.45) is -4.16. The Morgan fingerprint density at radius 3 is 2.39 bits per heavy atom. The number of likely N-dealkylation sites (N-methyl/N-ethyl adjacent to an activating group) is 1. The summed E-state index contributed by atoms with van der Waals surface area (Å²) in [6.45, 7) is 3.65. The van der Waals surface area contributed by atoms with Crippen molar-refractivity contribution in [2.75, 3.05) is 30.0 Å². The zero-order chi connectivity index (χ0) is 26.0. The number of carbonyl (C=O) groups is 2. The summed E-state index contributed by atoms with van der Waals surface area (Å²) in [5.74, 6) is -0.437. The number of benzene rings is 3. The largest absolute Gasteiger partial charge is 0.497 e. The first kappa shape index (κ1) is 25.3. The Labute approximate surface area is 208 Å². The van der Waals surface area contributed by atoms with E-state index in [1.807, 2.05) is 0 Å². The standard InChI is InChI=1S/C28H27F3N2O3/c1-4-32(20-12-9-18(2)24(17-20)28(29,30)31)27(35)23-15-16-33(25-8-6-5-7-22(23)25)26(34)19-10-13-21(36-3)14-11-19/h5-14,17,23H,4,15-16H2,1-3H3/t23-/m0/s1. The molecule has 0 spiro atoms. The number of anilines is 2. The summed E-state index contributed by atoms with van der Waals surface area (Å²) in [7, 11) is 1.55. The van der Waals surface area contributed by atoms with E-state index in [1.54, 1.807) is 73.5 Å². The molecule has 1 atom stereocenters. The predicted octanol–water partition coefficient (Wildman–Crippen LogP) is 6.21. The summed E-state index contributed by atoms with van der Waals surface area (Å²) in [6, 6.07) is 18.0. The Balaban J connectivity index is 1.65. The number of hydrogen-bond acceptors (Lipinski definition) is 3. The molecule has 0 unspecified atom stereocenters. The van der Waals surface area contributed by atoms with Gasteiger partial charge in [0.15, 0.2) is 0 Å². The molecule has 36 heavy (non-hydrogen) atoms. The molecule has 188 valence electrons. The van der Waals surface area contributed by atoms with Crippen LogP contribution in [0.5, 0.6) is 5.75 Å². The van der Waals surface area contributed by atoms with Gasteiger partial charge in [0.1, 0.15) is 5.75 Å². The monoisotopic (exact) mass is 496 g/mol. The van der Waals surface area contributed by atoms with E-state index in [0.29, 0.717) is 35.5 Å². The van der Waals surface area contributed by atoms with E-state index in [0.717, 1.165) is 6.07 Å². The molecule has 0 bridgehead atoms. The van der Waals surface area contributed by atoms with Gasteiger partial charge in [0.25, 0.3) is 5.91 Å². The molecule has 0 N–H and O–H groups in total. The number of halogens is 3. The van der Waals surface area contributed by atoms with E-state index in [-0.39, 0.29) is 29.6 Å². The van der Waals surface area contributed by atoms with Gasteiger partial charge in [-0.3, -0.25) is 9.59 Å². The number of para-hydroxylation sites is 1. The minimum atomic E-state index is -4.51. The highest BCUT2D eigenvalue weighted by Crippen LogP contribution is 2.39. The molecule has 0 aromatic heterocycles. The number of hydrogen-bond donors (Lipinski definition) is 0. The van der Waals surface area contributed by atoms with Crippen LogP contribution in [-0.2, 0) is 11.0 Å². The highest BCUT2D eigenvalue weighted by Gasteiger charge is 2.37. The fraction of sp³-hybridized carbons (Fsp3) is 0.286. The van der Waals surface area contributed by atoms with Crippen LogP contribution in [-0.4, -0.2) is 32.0 Å². The van der Waals surface area contributed by atoms with Crippen molar-refractivity contribution in [2.24, 2.45) is 0 Å². The van der Waals surface area contributed by atoms with Crippen molar-refractivity contribution in [1.29, 1.82) is 0 Å². The predicted molar refractivity (Wildman–Crippen MR) is 133 cm³/mol. The van der Waals surface area contributed by atoms with E-state index in [2.05, 4.69) is 0 Å². The number of amides is 2. The highest BCUT2D eigenvalue weighted by atomic mass is 19.4. The van der Waals surface area contributed by atoms with Gasteiger partial charge in [-0.2, -0.15) is 13.2 Å². The summed E-state index contributed by atoms with van der Waals surface area (Å²) >= 11 is 0. The van der Waals surface area contributed by atoms with E-state index < -0.39 is 17.7 Å². The van der Waals surface area contributed by atoms with Crippen LogP contribution in [0.2, 0.25) is 0 Å². The average molecular weight is 497 g/mol. The number of methoxy groups -OCH3 is 1. The second-order valence-electron chi connectivity index (χ2n) is 8.66. The molecule has 0 fully saturated rings. The fourth-order valence-corrected chi connectivity index (χ4v) is 4.66. The molecule has 0 saturated carbocycles. The first-order valence-electron chi connectivity index (χ1n) is 11.7. The molecule has 1 aliphatic rings. The third-order valence-corrected chi connectivity index (χ3v) is 6.55. The van der Waals surface area contributed by atoms with Crippen LogP contribution in [0.1, 0.15) is 46.3 Å². The van der Waals surface area contributed by atoms with Gasteiger partial charge in [0.05, 0.1) is 18.6 Å². The third-order valence-electron chi connectivity index (χ3n) is 6.55. The van der Waals surface area contributed by atoms with Crippen LogP contribution in [0.15, 0.2) is 66.7 Å². The van der Waals surface area contributed by atoms with Crippen molar-refractivity contribution in [3.8, 4) is 5.75 Å². The number of ether oxygens (including phenoxy) is 1. The van der Waals surface area contributed by atoms with Gasteiger partial charge in [-0.25, -0.2) is 0 Å². The summed E-state index contributed by atoms with van der Waals surface area (Å²) in [4.78, 5) is 30.0. The van der Waals surface area contributed by atoms with E-state index >= 15 is 0 Å². The van der Waals surface area contributed by atoms with Gasteiger partial charge in [-0.05, 0) is 73.9 Å². The molecule has 3 aromatic carbocycles. The van der Waals surface area contributed by atoms with E-state index in [4.69, 9.17) is 4.74 Å². The Morgan fingerprint density at radius 1 is 1.06 bits per heavy atom. The van der Waals surface area contributed by atoms with Crippen molar-refractivity contribution in [3.05, 3.63) is 89.0 Å². The number of aryl methyl sites for hydroxylation is 1. The Hall–Kier alpha value is -3.81. The second kappa shape index (κ2) is 10.0. The van der Waals surface area contributed by atoms with Gasteiger partial charge in [0, 0.05) is 30.0 Å². The van der Waals surface area contributed by atoms with E-state index in [1.165, 1.54) is 17.9 Å². The maximum atomic E-state index is 13.7. The summed E-state index contributed by atoms with van der Waals surface area (Å²) in [5.41, 5.74) is 1.34. The normalized spacial score (nSPS) is 15.3. The van der Waals surface area contributed by atoms with Crippen molar-refractivity contribution in [1.82, 2.24) is 0 Å². The molecular weight excluding hydrogens is 469 g/mol. The van der Waals surface area contributed by atoms with Gasteiger partial charge < -0.3 is 14.5 Å². The van der Waals surface area contributed by atoms with Crippen LogP contribution < -0.4 is 14.5 Å². The molecule has 4 rings (SSSR count). The molecule has 0 saturated heterocycles. The van der Waals surface area contributed by atoms with Gasteiger partial charge in [-0.15, -0.1) is 0 Å². The number of carbonyl (C=O) groups excluding carboxylic acids is 2. The van der Waals surface area contributed by atoms with Gasteiger partial charge >= 0.3 is 6.18 Å². The number of rotatable bonds is 5. The lowest BCUT2D eigenvalue weighted by atomic mass is 9.88. The molecular formula is C28H27F3N2O3. The third kappa shape index (κ3) is 4.80. The van der Waals surface area contributed by atoms with Crippen molar-refractivity contribution in [2.45, 2.75) is 32.4 Å². The maximum Gasteiger partial charge on any atom is 0.416 e. The zero-order valence-corrected chi connectivity index (χ0v) is 20.3. The maximum absolute atomic E-state index is 13.7. The second-order valence-corrected chi connectivity index (χ2v) is 8.66. The van der Waals surface area contributed by atoms with Gasteiger partial charge in [0.2, 0.25) is 5.91 Å². The van der Waals surface area contributed by atoms with Crippen LogP contribution in [0.3, 0.4) is 0 Å². The summed E-state index contributed by atoms with van der Waals surface area (Å²) < 4.78 is 45.7. The minimum absolute atomic E-state index is 0.102. The average Bonchev–Trinajstić information content (AvgIpc) is 2.88. The number of nitrogens with zero attached hydrogens (tertiary/aromatic N) is 2. The molecule has 1 aliphatic heterocycles. The van der Waals surface area contributed by atoms with Crippen molar-refractivity contribution < 1.29 is 27.5 Å². The molecule has 5 nitrogen and oxygen atoms in total. The first-order chi connectivity index (χ1) is 17.2. The van der Waals surface area contributed by atoms with Crippen LogP contribution in [0.25, 0.3) is 0 Å². The zero-order valence-electron chi connectivity index (χ0n) is 20.3. The van der Waals surface area contributed by atoms with Crippen molar-refractivity contribution >= 4 is 23.2 Å². The molecule has 2 amide bonds. The lowest BCUT2D eigenvalue weighted by molar-refractivity contribution is -0.138. The minimum Gasteiger partial charge on any atom is -0.497 e. The van der Waals surface area contributed by atoms with E-state index in [9.17, 15) is 22.8 Å². The molecule has 1 heterocycles. The quantitative estimate of drug-likeness (QED) is 0.422. The number of alkyl halides is 3. The topological polar surface area (TPSA) is 49.9 Å². The highest BCUT2D eigenvalue weighted by molar-refractivity contribution is 6.08. The molecule has 0 aliphatic carbocycles. The SMILES string of the molecule is CCN(C(=O)[C@H]1CCN(C(=O)c2ccc(OC)cc2)c2ccccc21)c1ccc(C)c(C(F)(F)F)c1. The lowest BCUT2D eigenvalue weighted by Gasteiger charge is -2.36. The van der Waals surface area contributed by atoms with Crippen molar-refractivity contribution in [3.63, 3.8) is 0 Å². The van der Waals surface area contributed by atoms with Crippen LogP contribution >= 0.6 is 0 Å². The Kier molecular flexibility index (Phi) is 7.06. The number of fused-ring (bicyclic) bond motifs is 1. The van der Waals surface area contributed by atoms with Crippen LogP contribution in [0, 0.1) is 6.92 Å². The molecule has 8 heteroatoms. The van der Waals surface area contributed by atoms with Crippen LogP contribution in [0.4, 0.5) is 24.5 Å². The lowest BCUT2D eigenvalue weighted by Crippen LogP contribution is -2.42. The Bertz CT molecular complexity index is 1270. The molecule has 0 radical (unpaired) electrons. The fourth-order valence-electron chi connectivity index (χ4n) is 4.66. The van der Waals surface area contributed by atoms with Gasteiger partial charge in [-0.1, -0.05) is 24.3 Å². The Morgan fingerprint density at radius 2 is 1.75 bits per heavy atom. The smallest absolute Gasteiger partial charge is 0.416 e.